The van der Waals surface area contributed by atoms with Crippen LogP contribution in [0.4, 0.5) is 0 Å². The number of ether oxygens (including phenoxy) is 1. The van der Waals surface area contributed by atoms with E-state index in [0.717, 1.165) is 26.1 Å². The largest absolute Gasteiger partial charge is 0.377 e. The monoisotopic (exact) mass is 145 g/mol. The van der Waals surface area contributed by atoms with Crippen LogP contribution in [0.1, 0.15) is 27.2 Å². The summed E-state index contributed by atoms with van der Waals surface area (Å²) < 4.78 is 5.43. The van der Waals surface area contributed by atoms with Crippen molar-refractivity contribution >= 4 is 0 Å². The average molecular weight is 145 g/mol. The highest BCUT2D eigenvalue weighted by Crippen LogP contribution is 1.94. The Balaban J connectivity index is 3.21. The lowest BCUT2D eigenvalue weighted by Gasteiger charge is -2.14. The van der Waals surface area contributed by atoms with Gasteiger partial charge in [0.1, 0.15) is 0 Å². The maximum Gasteiger partial charge on any atom is 0.0696 e. The number of hydrogen-bond acceptors (Lipinski definition) is 2. The molecule has 1 unspecified atom stereocenters. The van der Waals surface area contributed by atoms with E-state index < -0.39 is 0 Å². The molecule has 1 N–H and O–H groups in total. The molecule has 10 heavy (non-hydrogen) atoms. The smallest absolute Gasteiger partial charge is 0.0696 e. The summed E-state index contributed by atoms with van der Waals surface area (Å²) in [4.78, 5) is 0. The average Bonchev–Trinajstić information content (AvgIpc) is 1.98. The van der Waals surface area contributed by atoms with Gasteiger partial charge in [0.15, 0.2) is 0 Å². The predicted molar refractivity (Wildman–Crippen MR) is 44.2 cm³/mol. The van der Waals surface area contributed by atoms with Gasteiger partial charge in [-0.05, 0) is 19.9 Å². The lowest BCUT2D eigenvalue weighted by atomic mass is 10.3. The molecule has 0 bridgehead atoms. The first-order chi connectivity index (χ1) is 4.85. The summed E-state index contributed by atoms with van der Waals surface area (Å²) in [5, 5.41) is 3.26. The van der Waals surface area contributed by atoms with Gasteiger partial charge in [0.25, 0.3) is 0 Å². The van der Waals surface area contributed by atoms with Gasteiger partial charge in [-0.3, -0.25) is 0 Å². The Morgan fingerprint density at radius 3 is 2.40 bits per heavy atom. The van der Waals surface area contributed by atoms with Crippen molar-refractivity contribution in [1.29, 1.82) is 0 Å². The van der Waals surface area contributed by atoms with Gasteiger partial charge in [0, 0.05) is 13.2 Å². The minimum Gasteiger partial charge on any atom is -0.377 e. The Bertz CT molecular complexity index is 66.3. The van der Waals surface area contributed by atoms with Crippen LogP contribution >= 0.6 is 0 Å². The summed E-state index contributed by atoms with van der Waals surface area (Å²) in [5.41, 5.74) is 0. The van der Waals surface area contributed by atoms with Crippen LogP contribution in [0.5, 0.6) is 0 Å². The molecule has 0 heterocycles. The van der Waals surface area contributed by atoms with Crippen molar-refractivity contribution < 1.29 is 4.74 Å². The summed E-state index contributed by atoms with van der Waals surface area (Å²) in [7, 11) is 0. The molecule has 2 nitrogen and oxygen atoms in total. The molecule has 0 saturated carbocycles. The molecule has 2 heteroatoms. The van der Waals surface area contributed by atoms with Crippen LogP contribution in [-0.4, -0.2) is 25.8 Å². The van der Waals surface area contributed by atoms with Gasteiger partial charge in [0.05, 0.1) is 6.10 Å². The normalized spacial score (nSPS) is 13.5. The zero-order valence-electron chi connectivity index (χ0n) is 7.31. The van der Waals surface area contributed by atoms with E-state index in [-0.39, 0.29) is 0 Å². The summed E-state index contributed by atoms with van der Waals surface area (Å²) in [5.74, 6) is 0. The predicted octanol–water partition coefficient (Wildman–Crippen LogP) is 1.41. The van der Waals surface area contributed by atoms with Gasteiger partial charge in [0.2, 0.25) is 0 Å². The standard InChI is InChI=1S/C8H19NO/c1-4-8(10-6-3)7-9-5-2/h8-9H,4-7H2,1-3H3. The quantitative estimate of drug-likeness (QED) is 0.610. The van der Waals surface area contributed by atoms with Gasteiger partial charge in [-0.1, -0.05) is 13.8 Å². The molecule has 0 aliphatic heterocycles. The highest BCUT2D eigenvalue weighted by Gasteiger charge is 2.02. The van der Waals surface area contributed by atoms with Crippen molar-refractivity contribution in [3.8, 4) is 0 Å². The Morgan fingerprint density at radius 2 is 2.00 bits per heavy atom. The molecular weight excluding hydrogens is 126 g/mol. The first-order valence-electron chi connectivity index (χ1n) is 4.17. The van der Waals surface area contributed by atoms with Gasteiger partial charge in [-0.2, -0.15) is 0 Å². The molecule has 0 radical (unpaired) electrons. The Morgan fingerprint density at radius 1 is 1.30 bits per heavy atom. The third kappa shape index (κ3) is 4.77. The molecule has 0 saturated heterocycles. The molecule has 0 amide bonds. The molecule has 0 spiro atoms. The van der Waals surface area contributed by atoms with Crippen molar-refractivity contribution in [3.05, 3.63) is 0 Å². The maximum atomic E-state index is 5.43. The lowest BCUT2D eigenvalue weighted by molar-refractivity contribution is 0.0606. The van der Waals surface area contributed by atoms with Gasteiger partial charge < -0.3 is 10.1 Å². The molecule has 0 aromatic heterocycles. The molecule has 62 valence electrons. The highest BCUT2D eigenvalue weighted by atomic mass is 16.5. The van der Waals surface area contributed by atoms with Crippen LogP contribution < -0.4 is 5.32 Å². The first kappa shape index (κ1) is 9.92. The Labute approximate surface area is 64.0 Å². The van der Waals surface area contributed by atoms with Crippen molar-refractivity contribution in [1.82, 2.24) is 5.32 Å². The Hall–Kier alpha value is -0.0800. The fourth-order valence-electron chi connectivity index (χ4n) is 0.862. The van der Waals surface area contributed by atoms with Crippen molar-refractivity contribution in [2.45, 2.75) is 33.3 Å². The zero-order chi connectivity index (χ0) is 7.82. The van der Waals surface area contributed by atoms with Crippen LogP contribution in [-0.2, 0) is 4.74 Å². The lowest BCUT2D eigenvalue weighted by Crippen LogP contribution is -2.28. The van der Waals surface area contributed by atoms with E-state index in [9.17, 15) is 0 Å². The summed E-state index contributed by atoms with van der Waals surface area (Å²) in [6.07, 6.45) is 1.51. The van der Waals surface area contributed by atoms with Crippen LogP contribution in [0.15, 0.2) is 0 Å². The molecule has 0 fully saturated rings. The molecule has 0 aromatic rings. The van der Waals surface area contributed by atoms with E-state index in [1.165, 1.54) is 0 Å². The number of hydrogen-bond donors (Lipinski definition) is 1. The molecular formula is C8H19NO. The van der Waals surface area contributed by atoms with Crippen LogP contribution in [0, 0.1) is 0 Å². The van der Waals surface area contributed by atoms with Crippen LogP contribution in [0.3, 0.4) is 0 Å². The van der Waals surface area contributed by atoms with E-state index in [4.69, 9.17) is 4.74 Å². The number of nitrogens with one attached hydrogen (secondary N) is 1. The van der Waals surface area contributed by atoms with E-state index in [1.54, 1.807) is 0 Å². The van der Waals surface area contributed by atoms with Crippen molar-refractivity contribution in [2.24, 2.45) is 0 Å². The second-order valence-corrected chi connectivity index (χ2v) is 2.29. The zero-order valence-corrected chi connectivity index (χ0v) is 7.31. The third-order valence-corrected chi connectivity index (χ3v) is 1.48. The molecule has 0 rings (SSSR count). The fourth-order valence-corrected chi connectivity index (χ4v) is 0.862. The van der Waals surface area contributed by atoms with Gasteiger partial charge in [-0.15, -0.1) is 0 Å². The first-order valence-corrected chi connectivity index (χ1v) is 4.17. The van der Waals surface area contributed by atoms with Crippen molar-refractivity contribution in [2.75, 3.05) is 19.7 Å². The minimum atomic E-state index is 0.407. The molecule has 0 aliphatic rings. The topological polar surface area (TPSA) is 21.3 Å². The van der Waals surface area contributed by atoms with E-state index in [0.29, 0.717) is 6.10 Å². The van der Waals surface area contributed by atoms with Gasteiger partial charge >= 0.3 is 0 Å². The highest BCUT2D eigenvalue weighted by molar-refractivity contribution is 4.57. The maximum absolute atomic E-state index is 5.43. The van der Waals surface area contributed by atoms with E-state index >= 15 is 0 Å². The summed E-state index contributed by atoms with van der Waals surface area (Å²) in [6, 6.07) is 0. The number of likely N-dealkylation sites (N-methyl/N-ethyl adjacent to an activating group) is 1. The number of rotatable bonds is 6. The van der Waals surface area contributed by atoms with Gasteiger partial charge in [-0.25, -0.2) is 0 Å². The van der Waals surface area contributed by atoms with Crippen LogP contribution in [0.2, 0.25) is 0 Å². The molecule has 0 aliphatic carbocycles. The SMILES string of the molecule is CCNCC(CC)OCC. The molecule has 0 aromatic carbocycles. The second kappa shape index (κ2) is 7.03. The second-order valence-electron chi connectivity index (χ2n) is 2.29. The third-order valence-electron chi connectivity index (χ3n) is 1.48. The van der Waals surface area contributed by atoms with Crippen molar-refractivity contribution in [3.63, 3.8) is 0 Å². The summed E-state index contributed by atoms with van der Waals surface area (Å²) >= 11 is 0. The molecule has 1 atom stereocenters. The van der Waals surface area contributed by atoms with E-state index in [2.05, 4.69) is 19.2 Å². The summed E-state index contributed by atoms with van der Waals surface area (Å²) in [6.45, 7) is 9.14. The van der Waals surface area contributed by atoms with E-state index in [1.807, 2.05) is 6.92 Å². The fraction of sp³-hybridized carbons (Fsp3) is 1.00. The Kier molecular flexibility index (Phi) is 6.98. The van der Waals surface area contributed by atoms with Crippen LogP contribution in [0.25, 0.3) is 0 Å². The minimum absolute atomic E-state index is 0.407.